The molecule has 0 aliphatic carbocycles. The molecule has 2 N–H and O–H groups in total. The van der Waals surface area contributed by atoms with Crippen LogP contribution in [0.3, 0.4) is 0 Å². The fourth-order valence-electron chi connectivity index (χ4n) is 0.983. The van der Waals surface area contributed by atoms with Gasteiger partial charge < -0.3 is 10.5 Å². The van der Waals surface area contributed by atoms with Crippen molar-refractivity contribution in [2.24, 2.45) is 5.73 Å². The van der Waals surface area contributed by atoms with Gasteiger partial charge in [-0.3, -0.25) is 0 Å². The van der Waals surface area contributed by atoms with E-state index in [0.717, 1.165) is 17.5 Å². The van der Waals surface area contributed by atoms with E-state index >= 15 is 0 Å². The molecule has 1 rings (SSSR count). The van der Waals surface area contributed by atoms with Crippen LogP contribution in [0, 0.1) is 0 Å². The molecule has 0 amide bonds. The smallest absolute Gasteiger partial charge is 0.0727 e. The van der Waals surface area contributed by atoms with Gasteiger partial charge in [-0.15, -0.1) is 0 Å². The average molecular weight is 244 g/mol. The highest BCUT2D eigenvalue weighted by molar-refractivity contribution is 9.10. The summed E-state index contributed by atoms with van der Waals surface area (Å²) in [6, 6.07) is 8.06. The molecule has 1 aromatic carbocycles. The van der Waals surface area contributed by atoms with Crippen molar-refractivity contribution in [1.82, 2.24) is 0 Å². The molecule has 1 aromatic rings. The summed E-state index contributed by atoms with van der Waals surface area (Å²) in [5.74, 6) is 0. The van der Waals surface area contributed by atoms with Crippen LogP contribution in [0.2, 0.25) is 0 Å². The molecule has 0 saturated carbocycles. The topological polar surface area (TPSA) is 35.2 Å². The van der Waals surface area contributed by atoms with E-state index in [-0.39, 0.29) is 0 Å². The molecule has 13 heavy (non-hydrogen) atoms. The molecule has 0 fully saturated rings. The largest absolute Gasteiger partial charge is 0.377 e. The second-order valence-corrected chi connectivity index (χ2v) is 3.64. The Morgan fingerprint density at radius 3 is 2.77 bits per heavy atom. The highest BCUT2D eigenvalue weighted by atomic mass is 79.9. The first kappa shape index (κ1) is 10.7. The minimum Gasteiger partial charge on any atom is -0.377 e. The maximum absolute atomic E-state index is 5.43. The minimum atomic E-state index is 0.654. The first-order chi connectivity index (χ1) is 6.34. The van der Waals surface area contributed by atoms with Crippen molar-refractivity contribution in [1.29, 1.82) is 0 Å². The molecule has 0 aliphatic heterocycles. The summed E-state index contributed by atoms with van der Waals surface area (Å²) in [6.45, 7) is 2.08. The number of benzene rings is 1. The van der Waals surface area contributed by atoms with E-state index < -0.39 is 0 Å². The molecule has 2 nitrogen and oxygen atoms in total. The summed E-state index contributed by atoms with van der Waals surface area (Å²) in [5.41, 5.74) is 6.53. The first-order valence-corrected chi connectivity index (χ1v) is 5.15. The molecule has 3 heteroatoms. The molecule has 0 bridgehead atoms. The lowest BCUT2D eigenvalue weighted by molar-refractivity contribution is 0.119. The predicted octanol–water partition coefficient (Wildman–Crippen LogP) is 2.31. The Balaban J connectivity index is 2.32. The number of ether oxygens (including phenoxy) is 1. The molecule has 0 aromatic heterocycles. The number of nitrogens with two attached hydrogens (primary N) is 1. The Morgan fingerprint density at radius 2 is 2.08 bits per heavy atom. The van der Waals surface area contributed by atoms with Gasteiger partial charge in [-0.05, 0) is 24.6 Å². The van der Waals surface area contributed by atoms with E-state index in [1.807, 2.05) is 24.3 Å². The van der Waals surface area contributed by atoms with Crippen LogP contribution in [0.4, 0.5) is 0 Å². The second-order valence-electron chi connectivity index (χ2n) is 2.79. The summed E-state index contributed by atoms with van der Waals surface area (Å²) in [7, 11) is 0. The number of rotatable bonds is 5. The molecule has 0 atom stereocenters. The van der Waals surface area contributed by atoms with Gasteiger partial charge in [-0.2, -0.15) is 0 Å². The first-order valence-electron chi connectivity index (χ1n) is 4.36. The van der Waals surface area contributed by atoms with Crippen LogP contribution < -0.4 is 5.73 Å². The van der Waals surface area contributed by atoms with Crippen LogP contribution in [0.25, 0.3) is 0 Å². The van der Waals surface area contributed by atoms with Gasteiger partial charge in [0.2, 0.25) is 0 Å². The van der Waals surface area contributed by atoms with E-state index in [4.69, 9.17) is 10.5 Å². The molecule has 0 unspecified atom stereocenters. The highest BCUT2D eigenvalue weighted by Gasteiger charge is 1.97. The molecule has 0 radical (unpaired) electrons. The fourth-order valence-corrected chi connectivity index (χ4v) is 1.38. The SMILES string of the molecule is NCCCOCc1ccccc1Br. The summed E-state index contributed by atoms with van der Waals surface area (Å²) in [4.78, 5) is 0. The fraction of sp³-hybridized carbons (Fsp3) is 0.400. The Bertz CT molecular complexity index is 252. The van der Waals surface area contributed by atoms with Crippen molar-refractivity contribution in [2.45, 2.75) is 13.0 Å². The van der Waals surface area contributed by atoms with Crippen molar-refractivity contribution >= 4 is 15.9 Å². The van der Waals surface area contributed by atoms with Crippen LogP contribution >= 0.6 is 15.9 Å². The second kappa shape index (κ2) is 6.13. The number of halogens is 1. The summed E-state index contributed by atoms with van der Waals surface area (Å²) in [5, 5.41) is 0. The van der Waals surface area contributed by atoms with Crippen LogP contribution in [0.15, 0.2) is 28.7 Å². The van der Waals surface area contributed by atoms with Gasteiger partial charge in [0.05, 0.1) is 6.61 Å². The standard InChI is InChI=1S/C10H14BrNO/c11-10-5-2-1-4-9(10)8-13-7-3-6-12/h1-2,4-5H,3,6-8,12H2. The van der Waals surface area contributed by atoms with Gasteiger partial charge in [-0.1, -0.05) is 34.1 Å². The molecule has 0 heterocycles. The Hall–Kier alpha value is -0.380. The van der Waals surface area contributed by atoms with Gasteiger partial charge in [0, 0.05) is 11.1 Å². The van der Waals surface area contributed by atoms with Crippen LogP contribution in [-0.2, 0) is 11.3 Å². The quantitative estimate of drug-likeness (QED) is 0.806. The summed E-state index contributed by atoms with van der Waals surface area (Å²) in [6.07, 6.45) is 0.921. The number of hydrogen-bond donors (Lipinski definition) is 1. The van der Waals surface area contributed by atoms with Gasteiger partial charge in [0.1, 0.15) is 0 Å². The van der Waals surface area contributed by atoms with E-state index in [9.17, 15) is 0 Å². The lowest BCUT2D eigenvalue weighted by Gasteiger charge is -2.04. The molecular weight excluding hydrogens is 230 g/mol. The van der Waals surface area contributed by atoms with Gasteiger partial charge >= 0.3 is 0 Å². The average Bonchev–Trinajstić information content (AvgIpc) is 2.15. The van der Waals surface area contributed by atoms with E-state index in [0.29, 0.717) is 13.2 Å². The van der Waals surface area contributed by atoms with Crippen molar-refractivity contribution in [3.63, 3.8) is 0 Å². The molecule has 0 saturated heterocycles. The zero-order valence-corrected chi connectivity index (χ0v) is 9.09. The van der Waals surface area contributed by atoms with Gasteiger partial charge in [0.15, 0.2) is 0 Å². The van der Waals surface area contributed by atoms with Crippen LogP contribution in [-0.4, -0.2) is 13.2 Å². The Kier molecular flexibility index (Phi) is 5.05. The summed E-state index contributed by atoms with van der Waals surface area (Å²) >= 11 is 3.46. The van der Waals surface area contributed by atoms with E-state index in [1.54, 1.807) is 0 Å². The third-order valence-electron chi connectivity index (χ3n) is 1.71. The van der Waals surface area contributed by atoms with Crippen molar-refractivity contribution in [3.05, 3.63) is 34.3 Å². The Labute approximate surface area is 87.2 Å². The number of hydrogen-bond acceptors (Lipinski definition) is 2. The third-order valence-corrected chi connectivity index (χ3v) is 2.48. The normalized spacial score (nSPS) is 10.3. The summed E-state index contributed by atoms with van der Waals surface area (Å²) < 4.78 is 6.53. The van der Waals surface area contributed by atoms with Crippen LogP contribution in [0.1, 0.15) is 12.0 Å². The lowest BCUT2D eigenvalue weighted by Crippen LogP contribution is -2.04. The zero-order valence-electron chi connectivity index (χ0n) is 7.50. The lowest BCUT2D eigenvalue weighted by atomic mass is 10.2. The van der Waals surface area contributed by atoms with Gasteiger partial charge in [-0.25, -0.2) is 0 Å². The van der Waals surface area contributed by atoms with Gasteiger partial charge in [0.25, 0.3) is 0 Å². The molecule has 0 spiro atoms. The maximum atomic E-state index is 5.43. The van der Waals surface area contributed by atoms with Crippen molar-refractivity contribution in [2.75, 3.05) is 13.2 Å². The van der Waals surface area contributed by atoms with E-state index in [1.165, 1.54) is 5.56 Å². The monoisotopic (exact) mass is 243 g/mol. The van der Waals surface area contributed by atoms with E-state index in [2.05, 4.69) is 15.9 Å². The maximum Gasteiger partial charge on any atom is 0.0727 e. The van der Waals surface area contributed by atoms with Crippen molar-refractivity contribution in [3.8, 4) is 0 Å². The Morgan fingerprint density at radius 1 is 1.31 bits per heavy atom. The third kappa shape index (κ3) is 3.89. The van der Waals surface area contributed by atoms with Crippen molar-refractivity contribution < 1.29 is 4.74 Å². The van der Waals surface area contributed by atoms with Crippen LogP contribution in [0.5, 0.6) is 0 Å². The molecule has 72 valence electrons. The zero-order chi connectivity index (χ0) is 9.52. The highest BCUT2D eigenvalue weighted by Crippen LogP contribution is 2.16. The minimum absolute atomic E-state index is 0.654. The molecular formula is C10H14BrNO. The predicted molar refractivity (Wildman–Crippen MR) is 57.5 cm³/mol. The molecule has 0 aliphatic rings.